The smallest absolute Gasteiger partial charge is 0.257 e. The van der Waals surface area contributed by atoms with Crippen molar-refractivity contribution in [2.24, 2.45) is 0 Å². The summed E-state index contributed by atoms with van der Waals surface area (Å²) in [4.78, 5) is 18.3. The average molecular weight is 260 g/mol. The summed E-state index contributed by atoms with van der Waals surface area (Å²) in [5.74, 6) is 0.0380. The Balaban J connectivity index is 1.75. The summed E-state index contributed by atoms with van der Waals surface area (Å²) < 4.78 is 1.83. The largest absolute Gasteiger partial charge is 0.336 e. The number of hydrogen-bond acceptors (Lipinski definition) is 4. The zero-order chi connectivity index (χ0) is 13.2. The molecule has 1 fully saturated rings. The number of carbonyl (C=O) groups is 1. The quantitative estimate of drug-likeness (QED) is 0.865. The molecule has 1 saturated heterocycles. The van der Waals surface area contributed by atoms with Gasteiger partial charge >= 0.3 is 0 Å². The molecule has 1 unspecified atom stereocenters. The Kier molecular flexibility index (Phi) is 3.02. The number of amides is 1. The Morgan fingerprint density at radius 3 is 3.11 bits per heavy atom. The predicted molar refractivity (Wildman–Crippen MR) is 67.5 cm³/mol. The topological polar surface area (TPSA) is 79.7 Å². The van der Waals surface area contributed by atoms with Gasteiger partial charge in [0.05, 0.1) is 17.8 Å². The van der Waals surface area contributed by atoms with Gasteiger partial charge < -0.3 is 4.90 Å². The van der Waals surface area contributed by atoms with Crippen LogP contribution in [0.5, 0.6) is 0 Å². The number of likely N-dealkylation sites (tertiary alicyclic amines) is 1. The monoisotopic (exact) mass is 260 g/mol. The summed E-state index contributed by atoms with van der Waals surface area (Å²) in [6, 6.07) is 0.215. The maximum absolute atomic E-state index is 12.4. The Labute approximate surface area is 110 Å². The van der Waals surface area contributed by atoms with Crippen molar-refractivity contribution in [2.75, 3.05) is 13.1 Å². The highest BCUT2D eigenvalue weighted by atomic mass is 16.2. The van der Waals surface area contributed by atoms with Crippen LogP contribution in [0.1, 0.15) is 34.9 Å². The van der Waals surface area contributed by atoms with Crippen LogP contribution < -0.4 is 0 Å². The minimum atomic E-state index is 0.0380. The first-order valence-electron chi connectivity index (χ1n) is 6.39. The molecule has 0 radical (unpaired) electrons. The van der Waals surface area contributed by atoms with Crippen molar-refractivity contribution in [3.8, 4) is 0 Å². The average Bonchev–Trinajstić information content (AvgIpc) is 3.09. The first kappa shape index (κ1) is 11.9. The highest BCUT2D eigenvalue weighted by Gasteiger charge is 2.27. The zero-order valence-electron chi connectivity index (χ0n) is 10.8. The molecule has 19 heavy (non-hydrogen) atoms. The SMILES string of the molecule is Cc1[nH]ncc1C(=O)N1CCCC(n2cncn2)C1. The Hall–Kier alpha value is -2.18. The lowest BCUT2D eigenvalue weighted by Gasteiger charge is -2.32. The molecule has 3 rings (SSSR count). The molecule has 0 saturated carbocycles. The lowest BCUT2D eigenvalue weighted by atomic mass is 10.0. The van der Waals surface area contributed by atoms with Gasteiger partial charge in [0.1, 0.15) is 12.7 Å². The number of nitrogens with zero attached hydrogens (tertiary/aromatic N) is 5. The molecule has 1 atom stereocenters. The zero-order valence-corrected chi connectivity index (χ0v) is 10.8. The first-order chi connectivity index (χ1) is 9.25. The molecule has 100 valence electrons. The van der Waals surface area contributed by atoms with E-state index in [2.05, 4.69) is 20.3 Å². The standard InChI is InChI=1S/C12H16N6O/c1-9-11(5-14-16-9)12(19)17-4-2-3-10(6-17)18-8-13-7-15-18/h5,7-8,10H,2-4,6H2,1H3,(H,14,16). The lowest BCUT2D eigenvalue weighted by Crippen LogP contribution is -2.41. The summed E-state index contributed by atoms with van der Waals surface area (Å²) in [6.07, 6.45) is 6.84. The van der Waals surface area contributed by atoms with Gasteiger partial charge in [-0.2, -0.15) is 10.2 Å². The van der Waals surface area contributed by atoms with E-state index in [-0.39, 0.29) is 11.9 Å². The predicted octanol–water partition coefficient (Wildman–Crippen LogP) is 0.787. The molecular formula is C12H16N6O. The third-order valence-electron chi connectivity index (χ3n) is 3.55. The van der Waals surface area contributed by atoms with Crippen LogP contribution in [0.15, 0.2) is 18.9 Å². The molecule has 1 aliphatic rings. The molecule has 0 aromatic carbocycles. The molecule has 2 aromatic heterocycles. The molecule has 7 nitrogen and oxygen atoms in total. The van der Waals surface area contributed by atoms with Crippen LogP contribution in [0.25, 0.3) is 0 Å². The third-order valence-corrected chi connectivity index (χ3v) is 3.55. The summed E-state index contributed by atoms with van der Waals surface area (Å²) in [5.41, 5.74) is 1.46. The fraction of sp³-hybridized carbons (Fsp3) is 0.500. The van der Waals surface area contributed by atoms with E-state index >= 15 is 0 Å². The Bertz CT molecular complexity index is 561. The van der Waals surface area contributed by atoms with Gasteiger partial charge in [-0.05, 0) is 19.8 Å². The molecule has 1 aliphatic heterocycles. The van der Waals surface area contributed by atoms with E-state index in [4.69, 9.17) is 0 Å². The fourth-order valence-electron chi connectivity index (χ4n) is 2.50. The first-order valence-corrected chi connectivity index (χ1v) is 6.39. The number of piperidine rings is 1. The van der Waals surface area contributed by atoms with E-state index in [1.54, 1.807) is 12.5 Å². The lowest BCUT2D eigenvalue weighted by molar-refractivity contribution is 0.0672. The van der Waals surface area contributed by atoms with Crippen LogP contribution in [-0.2, 0) is 0 Å². The number of carbonyl (C=O) groups excluding carboxylic acids is 1. The summed E-state index contributed by atoms with van der Waals surface area (Å²) >= 11 is 0. The molecular weight excluding hydrogens is 244 g/mol. The number of rotatable bonds is 2. The molecule has 7 heteroatoms. The summed E-state index contributed by atoms with van der Waals surface area (Å²) in [5, 5.41) is 10.9. The van der Waals surface area contributed by atoms with Crippen molar-refractivity contribution in [1.82, 2.24) is 29.9 Å². The van der Waals surface area contributed by atoms with Gasteiger partial charge in [0, 0.05) is 18.8 Å². The molecule has 1 amide bonds. The number of hydrogen-bond donors (Lipinski definition) is 1. The minimum Gasteiger partial charge on any atom is -0.336 e. The number of nitrogens with one attached hydrogen (secondary N) is 1. The van der Waals surface area contributed by atoms with Crippen molar-refractivity contribution in [1.29, 1.82) is 0 Å². The maximum Gasteiger partial charge on any atom is 0.257 e. The van der Waals surface area contributed by atoms with Crippen molar-refractivity contribution in [3.05, 3.63) is 30.1 Å². The van der Waals surface area contributed by atoms with E-state index in [1.165, 1.54) is 6.33 Å². The van der Waals surface area contributed by atoms with Crippen LogP contribution in [0.4, 0.5) is 0 Å². The van der Waals surface area contributed by atoms with Crippen LogP contribution in [0.2, 0.25) is 0 Å². The van der Waals surface area contributed by atoms with E-state index in [1.807, 2.05) is 16.5 Å². The number of aromatic nitrogens is 5. The number of H-pyrrole nitrogens is 1. The fourth-order valence-corrected chi connectivity index (χ4v) is 2.50. The molecule has 3 heterocycles. The molecule has 1 N–H and O–H groups in total. The van der Waals surface area contributed by atoms with E-state index < -0.39 is 0 Å². The number of aromatic amines is 1. The highest BCUT2D eigenvalue weighted by Crippen LogP contribution is 2.22. The molecule has 0 bridgehead atoms. The second-order valence-electron chi connectivity index (χ2n) is 4.83. The van der Waals surface area contributed by atoms with Gasteiger partial charge in [-0.15, -0.1) is 0 Å². The Morgan fingerprint density at radius 1 is 1.53 bits per heavy atom. The van der Waals surface area contributed by atoms with Crippen LogP contribution in [0.3, 0.4) is 0 Å². The van der Waals surface area contributed by atoms with Crippen molar-refractivity contribution < 1.29 is 4.79 Å². The van der Waals surface area contributed by atoms with Gasteiger partial charge in [-0.1, -0.05) is 0 Å². The van der Waals surface area contributed by atoms with E-state index in [0.29, 0.717) is 12.1 Å². The van der Waals surface area contributed by atoms with Crippen molar-refractivity contribution in [2.45, 2.75) is 25.8 Å². The van der Waals surface area contributed by atoms with Gasteiger partial charge in [0.15, 0.2) is 0 Å². The maximum atomic E-state index is 12.4. The van der Waals surface area contributed by atoms with Crippen LogP contribution in [0, 0.1) is 6.92 Å². The second-order valence-corrected chi connectivity index (χ2v) is 4.83. The number of aryl methyl sites for hydroxylation is 1. The minimum absolute atomic E-state index is 0.0380. The van der Waals surface area contributed by atoms with Gasteiger partial charge in [-0.25, -0.2) is 9.67 Å². The van der Waals surface area contributed by atoms with Gasteiger partial charge in [0.2, 0.25) is 0 Å². The van der Waals surface area contributed by atoms with Crippen molar-refractivity contribution in [3.63, 3.8) is 0 Å². The summed E-state index contributed by atoms with van der Waals surface area (Å²) in [6.45, 7) is 3.32. The van der Waals surface area contributed by atoms with Crippen LogP contribution >= 0.6 is 0 Å². The summed E-state index contributed by atoms with van der Waals surface area (Å²) in [7, 11) is 0. The Morgan fingerprint density at radius 2 is 2.42 bits per heavy atom. The van der Waals surface area contributed by atoms with E-state index in [9.17, 15) is 4.79 Å². The van der Waals surface area contributed by atoms with Gasteiger partial charge in [-0.3, -0.25) is 9.89 Å². The van der Waals surface area contributed by atoms with Gasteiger partial charge in [0.25, 0.3) is 5.91 Å². The van der Waals surface area contributed by atoms with Crippen LogP contribution in [-0.4, -0.2) is 48.9 Å². The second kappa shape index (κ2) is 4.83. The van der Waals surface area contributed by atoms with Crippen molar-refractivity contribution >= 4 is 5.91 Å². The molecule has 0 aliphatic carbocycles. The highest BCUT2D eigenvalue weighted by molar-refractivity contribution is 5.95. The van der Waals surface area contributed by atoms with E-state index in [0.717, 1.165) is 25.1 Å². The third kappa shape index (κ3) is 2.23. The molecule has 2 aromatic rings. The molecule has 0 spiro atoms. The normalized spacial score (nSPS) is 19.6.